The van der Waals surface area contributed by atoms with Crippen molar-refractivity contribution in [3.8, 4) is 0 Å². The molecule has 10 heavy (non-hydrogen) atoms. The van der Waals surface area contributed by atoms with Crippen molar-refractivity contribution in [3.05, 3.63) is 23.8 Å². The van der Waals surface area contributed by atoms with Crippen LogP contribution >= 0.6 is 12.6 Å². The maximum atomic E-state index is 4.26. The van der Waals surface area contributed by atoms with Gasteiger partial charge < -0.3 is 5.32 Å². The number of rotatable bonds is 1. The summed E-state index contributed by atoms with van der Waals surface area (Å²) in [5, 5.41) is 3.06. The molecule has 1 aromatic rings. The molecular formula is C8H11NS. The first-order chi connectivity index (χ1) is 4.74. The predicted octanol–water partition coefficient (Wildman–Crippen LogP) is 2.33. The monoisotopic (exact) mass is 153 g/mol. The largest absolute Gasteiger partial charge is 0.388 e. The summed E-state index contributed by atoms with van der Waals surface area (Å²) < 4.78 is 0. The summed E-state index contributed by atoms with van der Waals surface area (Å²) in [6, 6.07) is 6.07. The molecule has 1 N–H and O–H groups in total. The van der Waals surface area contributed by atoms with Crippen molar-refractivity contribution >= 4 is 18.3 Å². The second-order valence-electron chi connectivity index (χ2n) is 2.25. The summed E-state index contributed by atoms with van der Waals surface area (Å²) in [6.07, 6.45) is 0. The molecule has 0 radical (unpaired) electrons. The van der Waals surface area contributed by atoms with Crippen LogP contribution in [0.25, 0.3) is 0 Å². The molecule has 0 aliphatic carbocycles. The van der Waals surface area contributed by atoms with Crippen molar-refractivity contribution in [2.24, 2.45) is 0 Å². The van der Waals surface area contributed by atoms with Crippen molar-refractivity contribution in [1.82, 2.24) is 0 Å². The van der Waals surface area contributed by atoms with Gasteiger partial charge in [-0.15, -0.1) is 12.6 Å². The molecule has 0 aliphatic heterocycles. The molecule has 1 rings (SSSR count). The lowest BCUT2D eigenvalue weighted by Crippen LogP contribution is -1.87. The number of aryl methyl sites for hydroxylation is 1. The van der Waals surface area contributed by atoms with Crippen LogP contribution in [0.4, 0.5) is 5.69 Å². The third-order valence-electron chi connectivity index (χ3n) is 1.49. The van der Waals surface area contributed by atoms with Crippen LogP contribution in [0.1, 0.15) is 5.56 Å². The number of thiol groups is 1. The number of hydrogen-bond acceptors (Lipinski definition) is 2. The molecule has 0 unspecified atom stereocenters. The van der Waals surface area contributed by atoms with Gasteiger partial charge in [0.2, 0.25) is 0 Å². The Bertz CT molecular complexity index is 233. The molecule has 1 aromatic carbocycles. The highest BCUT2D eigenvalue weighted by atomic mass is 32.1. The Morgan fingerprint density at radius 3 is 2.60 bits per heavy atom. The standard InChI is InChI=1S/C8H11NS/c1-6-5-7(9-2)3-4-8(6)10/h3-5,9-10H,1-2H3. The fourth-order valence-electron chi connectivity index (χ4n) is 0.811. The lowest BCUT2D eigenvalue weighted by molar-refractivity contribution is 1.30. The predicted molar refractivity (Wildman–Crippen MR) is 48.0 cm³/mol. The molecule has 54 valence electrons. The first-order valence-corrected chi connectivity index (χ1v) is 3.66. The maximum Gasteiger partial charge on any atom is 0.0341 e. The van der Waals surface area contributed by atoms with Crippen LogP contribution in [-0.2, 0) is 0 Å². The Morgan fingerprint density at radius 2 is 2.10 bits per heavy atom. The minimum absolute atomic E-state index is 1.04. The molecule has 1 nitrogen and oxygen atoms in total. The highest BCUT2D eigenvalue weighted by molar-refractivity contribution is 7.80. The molecule has 2 heteroatoms. The maximum absolute atomic E-state index is 4.26. The molecular weight excluding hydrogens is 142 g/mol. The molecule has 0 fully saturated rings. The SMILES string of the molecule is CNc1ccc(S)c(C)c1. The quantitative estimate of drug-likeness (QED) is 0.590. The Labute approximate surface area is 66.9 Å². The first-order valence-electron chi connectivity index (χ1n) is 3.21. The summed E-state index contributed by atoms with van der Waals surface area (Å²) in [6.45, 7) is 2.04. The average molecular weight is 153 g/mol. The summed E-state index contributed by atoms with van der Waals surface area (Å²) in [4.78, 5) is 1.04. The van der Waals surface area contributed by atoms with Gasteiger partial charge >= 0.3 is 0 Å². The fraction of sp³-hybridized carbons (Fsp3) is 0.250. The average Bonchev–Trinajstić information content (AvgIpc) is 1.95. The summed E-state index contributed by atoms with van der Waals surface area (Å²) in [7, 11) is 1.91. The van der Waals surface area contributed by atoms with E-state index in [1.54, 1.807) is 0 Å². The Kier molecular flexibility index (Phi) is 2.22. The molecule has 0 aromatic heterocycles. The van der Waals surface area contributed by atoms with Crippen molar-refractivity contribution in [3.63, 3.8) is 0 Å². The van der Waals surface area contributed by atoms with Gasteiger partial charge in [0.05, 0.1) is 0 Å². The molecule has 0 bridgehead atoms. The van der Waals surface area contributed by atoms with Gasteiger partial charge in [0.1, 0.15) is 0 Å². The summed E-state index contributed by atoms with van der Waals surface area (Å²) in [5.41, 5.74) is 2.34. The molecule has 0 atom stereocenters. The zero-order valence-corrected chi connectivity index (χ0v) is 7.07. The second-order valence-corrected chi connectivity index (χ2v) is 2.73. The third kappa shape index (κ3) is 1.45. The number of hydrogen-bond donors (Lipinski definition) is 2. The normalized spacial score (nSPS) is 9.50. The Hall–Kier alpha value is -0.630. The topological polar surface area (TPSA) is 12.0 Å². The van der Waals surface area contributed by atoms with Crippen molar-refractivity contribution < 1.29 is 0 Å². The van der Waals surface area contributed by atoms with Crippen LogP contribution in [0.15, 0.2) is 23.1 Å². The van der Waals surface area contributed by atoms with Gasteiger partial charge in [-0.05, 0) is 30.7 Å². The van der Waals surface area contributed by atoms with Gasteiger partial charge in [0.15, 0.2) is 0 Å². The molecule has 0 saturated carbocycles. The molecule has 0 spiro atoms. The van der Waals surface area contributed by atoms with Gasteiger partial charge in [0, 0.05) is 17.6 Å². The van der Waals surface area contributed by atoms with E-state index in [9.17, 15) is 0 Å². The van der Waals surface area contributed by atoms with Crippen molar-refractivity contribution in [2.75, 3.05) is 12.4 Å². The van der Waals surface area contributed by atoms with Gasteiger partial charge in [-0.3, -0.25) is 0 Å². The zero-order valence-electron chi connectivity index (χ0n) is 6.18. The van der Waals surface area contributed by atoms with E-state index in [0.29, 0.717) is 0 Å². The van der Waals surface area contributed by atoms with E-state index < -0.39 is 0 Å². The van der Waals surface area contributed by atoms with Gasteiger partial charge in [-0.25, -0.2) is 0 Å². The van der Waals surface area contributed by atoms with Gasteiger partial charge in [-0.1, -0.05) is 0 Å². The highest BCUT2D eigenvalue weighted by Crippen LogP contribution is 2.16. The van der Waals surface area contributed by atoms with E-state index in [0.717, 1.165) is 10.6 Å². The van der Waals surface area contributed by atoms with Crippen LogP contribution < -0.4 is 5.32 Å². The minimum Gasteiger partial charge on any atom is -0.388 e. The molecule has 0 aliphatic rings. The van der Waals surface area contributed by atoms with Crippen LogP contribution in [0.2, 0.25) is 0 Å². The van der Waals surface area contributed by atoms with E-state index >= 15 is 0 Å². The third-order valence-corrected chi connectivity index (χ3v) is 1.99. The lowest BCUT2D eigenvalue weighted by atomic mass is 10.2. The van der Waals surface area contributed by atoms with Crippen LogP contribution in [0.3, 0.4) is 0 Å². The van der Waals surface area contributed by atoms with E-state index in [4.69, 9.17) is 0 Å². The molecule has 0 saturated heterocycles. The number of anilines is 1. The highest BCUT2D eigenvalue weighted by Gasteiger charge is 1.92. The second kappa shape index (κ2) is 2.97. The summed E-state index contributed by atoms with van der Waals surface area (Å²) in [5.74, 6) is 0. The van der Waals surface area contributed by atoms with E-state index in [1.807, 2.05) is 26.1 Å². The van der Waals surface area contributed by atoms with Crippen molar-refractivity contribution in [1.29, 1.82) is 0 Å². The van der Waals surface area contributed by atoms with E-state index in [2.05, 4.69) is 24.0 Å². The van der Waals surface area contributed by atoms with Crippen molar-refractivity contribution in [2.45, 2.75) is 11.8 Å². The minimum atomic E-state index is 1.04. The van der Waals surface area contributed by atoms with E-state index in [1.165, 1.54) is 5.56 Å². The lowest BCUT2D eigenvalue weighted by Gasteiger charge is -2.02. The number of benzene rings is 1. The van der Waals surface area contributed by atoms with Gasteiger partial charge in [-0.2, -0.15) is 0 Å². The van der Waals surface area contributed by atoms with Crippen LogP contribution in [0.5, 0.6) is 0 Å². The number of nitrogens with one attached hydrogen (secondary N) is 1. The molecule has 0 amide bonds. The van der Waals surface area contributed by atoms with Crippen LogP contribution in [0, 0.1) is 6.92 Å². The fourth-order valence-corrected chi connectivity index (χ4v) is 0.950. The van der Waals surface area contributed by atoms with E-state index in [-0.39, 0.29) is 0 Å². The van der Waals surface area contributed by atoms with Gasteiger partial charge in [0.25, 0.3) is 0 Å². The molecule has 0 heterocycles. The Balaban J connectivity index is 3.04. The summed E-state index contributed by atoms with van der Waals surface area (Å²) >= 11 is 4.26. The van der Waals surface area contributed by atoms with Crippen LogP contribution in [-0.4, -0.2) is 7.05 Å². The smallest absolute Gasteiger partial charge is 0.0341 e. The Morgan fingerprint density at radius 1 is 1.40 bits per heavy atom. The first kappa shape index (κ1) is 7.48. The zero-order chi connectivity index (χ0) is 7.56.